The van der Waals surface area contributed by atoms with E-state index in [0.29, 0.717) is 19.6 Å². The van der Waals surface area contributed by atoms with Gasteiger partial charge in [0.05, 0.1) is 0 Å². The van der Waals surface area contributed by atoms with Gasteiger partial charge in [-0.25, -0.2) is 8.78 Å². The lowest BCUT2D eigenvalue weighted by molar-refractivity contribution is -0.0566. The molecule has 2 N–H and O–H groups in total. The summed E-state index contributed by atoms with van der Waals surface area (Å²) < 4.78 is 25.9. The zero-order valence-electron chi connectivity index (χ0n) is 9.13. The van der Waals surface area contributed by atoms with Crippen molar-refractivity contribution < 1.29 is 8.78 Å². The predicted octanol–water partition coefficient (Wildman–Crippen LogP) is 2.50. The van der Waals surface area contributed by atoms with Gasteiger partial charge in [0.2, 0.25) is 0 Å². The molecule has 0 aliphatic carbocycles. The van der Waals surface area contributed by atoms with Crippen molar-refractivity contribution in [3.8, 4) is 0 Å². The largest absolute Gasteiger partial charge is 0.399 e. The fourth-order valence-corrected chi connectivity index (χ4v) is 1.99. The summed E-state index contributed by atoms with van der Waals surface area (Å²) in [6.45, 7) is 1.63. The highest BCUT2D eigenvalue weighted by atomic mass is 19.3. The van der Waals surface area contributed by atoms with Crippen molar-refractivity contribution in [3.05, 3.63) is 29.8 Å². The summed E-state index contributed by atoms with van der Waals surface area (Å²) in [6.07, 6.45) is -0.0648. The highest BCUT2D eigenvalue weighted by molar-refractivity contribution is 5.40. The molecule has 0 spiro atoms. The number of halogens is 2. The maximum atomic E-state index is 12.9. The minimum Gasteiger partial charge on any atom is -0.399 e. The van der Waals surface area contributed by atoms with Crippen LogP contribution < -0.4 is 5.73 Å². The van der Waals surface area contributed by atoms with Crippen molar-refractivity contribution in [2.75, 3.05) is 18.8 Å². The molecule has 1 aromatic rings. The van der Waals surface area contributed by atoms with Gasteiger partial charge < -0.3 is 5.73 Å². The van der Waals surface area contributed by atoms with Crippen molar-refractivity contribution in [2.24, 2.45) is 0 Å². The third-order valence-corrected chi connectivity index (χ3v) is 2.94. The Morgan fingerprint density at radius 1 is 1.25 bits per heavy atom. The lowest BCUT2D eigenvalue weighted by Crippen LogP contribution is -2.38. The van der Waals surface area contributed by atoms with E-state index in [1.54, 1.807) is 0 Å². The van der Waals surface area contributed by atoms with Crippen molar-refractivity contribution in [2.45, 2.75) is 25.3 Å². The normalized spacial score (nSPS) is 20.9. The quantitative estimate of drug-likeness (QED) is 0.785. The van der Waals surface area contributed by atoms with Crippen LogP contribution in [0, 0.1) is 0 Å². The molecule has 1 aliphatic heterocycles. The summed E-state index contributed by atoms with van der Waals surface area (Å²) in [6, 6.07) is 7.59. The first-order valence-corrected chi connectivity index (χ1v) is 5.50. The summed E-state index contributed by atoms with van der Waals surface area (Å²) in [4.78, 5) is 2.05. The molecule has 0 saturated carbocycles. The van der Waals surface area contributed by atoms with Crippen LogP contribution in [0.4, 0.5) is 14.5 Å². The number of benzene rings is 1. The summed E-state index contributed by atoms with van der Waals surface area (Å²) in [5, 5.41) is 0. The zero-order chi connectivity index (χ0) is 11.6. The highest BCUT2D eigenvalue weighted by Gasteiger charge is 2.33. The van der Waals surface area contributed by atoms with Crippen LogP contribution in [0.5, 0.6) is 0 Å². The number of alkyl halides is 2. The highest BCUT2D eigenvalue weighted by Crippen LogP contribution is 2.28. The molecule has 4 heteroatoms. The Balaban J connectivity index is 1.92. The maximum absolute atomic E-state index is 12.9. The van der Waals surface area contributed by atoms with E-state index in [1.807, 2.05) is 29.2 Å². The van der Waals surface area contributed by atoms with Gasteiger partial charge >= 0.3 is 0 Å². The molecule has 0 radical (unpaired) electrons. The third kappa shape index (κ3) is 2.92. The van der Waals surface area contributed by atoms with Crippen LogP contribution in [0.15, 0.2) is 24.3 Å². The van der Waals surface area contributed by atoms with E-state index >= 15 is 0 Å². The minimum absolute atomic E-state index is 0.0324. The first-order valence-electron chi connectivity index (χ1n) is 5.50. The van der Waals surface area contributed by atoms with E-state index in [4.69, 9.17) is 5.73 Å². The summed E-state index contributed by atoms with van der Waals surface area (Å²) in [7, 11) is 0. The maximum Gasteiger partial charge on any atom is 0.250 e. The molecule has 2 rings (SSSR count). The molecule has 0 bridgehead atoms. The third-order valence-electron chi connectivity index (χ3n) is 2.94. The number of hydrogen-bond acceptors (Lipinski definition) is 2. The predicted molar refractivity (Wildman–Crippen MR) is 60.3 cm³/mol. The van der Waals surface area contributed by atoms with Gasteiger partial charge in [0.1, 0.15) is 0 Å². The topological polar surface area (TPSA) is 29.3 Å². The monoisotopic (exact) mass is 226 g/mol. The number of rotatable bonds is 2. The van der Waals surface area contributed by atoms with Gasteiger partial charge in [-0.1, -0.05) is 12.1 Å². The molecular weight excluding hydrogens is 210 g/mol. The number of hydrogen-bond donors (Lipinski definition) is 1. The molecule has 0 unspecified atom stereocenters. The van der Waals surface area contributed by atoms with E-state index in [0.717, 1.165) is 11.3 Å². The molecule has 0 aromatic heterocycles. The molecular formula is C12H16F2N2. The number of nitrogens with zero attached hydrogens (tertiary/aromatic N) is 1. The van der Waals surface area contributed by atoms with Gasteiger partial charge in [0.15, 0.2) is 0 Å². The van der Waals surface area contributed by atoms with Crippen LogP contribution in [0.1, 0.15) is 18.4 Å². The Hall–Kier alpha value is -1.16. The van der Waals surface area contributed by atoms with E-state index in [9.17, 15) is 8.78 Å². The molecule has 0 amide bonds. The van der Waals surface area contributed by atoms with Crippen LogP contribution in [0.25, 0.3) is 0 Å². The van der Waals surface area contributed by atoms with Gasteiger partial charge in [-0.3, -0.25) is 4.90 Å². The lowest BCUT2D eigenvalue weighted by atomic mass is 10.1. The average molecular weight is 226 g/mol. The van der Waals surface area contributed by atoms with Crippen LogP contribution in [0.3, 0.4) is 0 Å². The Bertz CT molecular complexity index is 356. The van der Waals surface area contributed by atoms with Crippen molar-refractivity contribution in [1.29, 1.82) is 0 Å². The average Bonchev–Trinajstić information content (AvgIpc) is 2.21. The molecule has 2 nitrogen and oxygen atoms in total. The van der Waals surface area contributed by atoms with Crippen LogP contribution in [0.2, 0.25) is 0 Å². The molecule has 88 valence electrons. The van der Waals surface area contributed by atoms with Crippen LogP contribution >= 0.6 is 0 Å². The fourth-order valence-electron chi connectivity index (χ4n) is 1.99. The second-order valence-corrected chi connectivity index (χ2v) is 4.38. The second-order valence-electron chi connectivity index (χ2n) is 4.38. The summed E-state index contributed by atoms with van der Waals surface area (Å²) >= 11 is 0. The number of likely N-dealkylation sites (tertiary alicyclic amines) is 1. The first-order chi connectivity index (χ1) is 7.55. The summed E-state index contributed by atoms with van der Waals surface area (Å²) in [5.74, 6) is -2.47. The number of piperidine rings is 1. The van der Waals surface area contributed by atoms with Crippen LogP contribution in [-0.4, -0.2) is 23.9 Å². The van der Waals surface area contributed by atoms with Crippen molar-refractivity contribution >= 4 is 5.69 Å². The van der Waals surface area contributed by atoms with Crippen molar-refractivity contribution in [3.63, 3.8) is 0 Å². The fraction of sp³-hybridized carbons (Fsp3) is 0.500. The lowest BCUT2D eigenvalue weighted by Gasteiger charge is -2.31. The molecule has 1 saturated heterocycles. The molecule has 1 fully saturated rings. The van der Waals surface area contributed by atoms with E-state index in [-0.39, 0.29) is 12.8 Å². The smallest absolute Gasteiger partial charge is 0.250 e. The number of nitrogen functional groups attached to an aromatic ring is 1. The second kappa shape index (κ2) is 4.37. The Labute approximate surface area is 94.0 Å². The summed E-state index contributed by atoms with van der Waals surface area (Å²) in [5.41, 5.74) is 7.48. The first kappa shape index (κ1) is 11.3. The van der Waals surface area contributed by atoms with Crippen molar-refractivity contribution in [1.82, 2.24) is 4.90 Å². The standard InChI is InChI=1S/C12H16F2N2/c13-12(14)4-6-16(7-5-12)9-10-2-1-3-11(15)8-10/h1-3,8H,4-7,9,15H2. The Morgan fingerprint density at radius 2 is 1.94 bits per heavy atom. The van der Waals surface area contributed by atoms with Gasteiger partial charge in [-0.15, -0.1) is 0 Å². The Morgan fingerprint density at radius 3 is 2.56 bits per heavy atom. The van der Waals surface area contributed by atoms with E-state index < -0.39 is 5.92 Å². The van der Waals surface area contributed by atoms with Gasteiger partial charge in [0, 0.05) is 38.2 Å². The van der Waals surface area contributed by atoms with E-state index in [1.165, 1.54) is 0 Å². The van der Waals surface area contributed by atoms with Gasteiger partial charge in [-0.05, 0) is 17.7 Å². The zero-order valence-corrected chi connectivity index (χ0v) is 9.13. The van der Waals surface area contributed by atoms with Gasteiger partial charge in [0.25, 0.3) is 5.92 Å². The van der Waals surface area contributed by atoms with Gasteiger partial charge in [-0.2, -0.15) is 0 Å². The molecule has 16 heavy (non-hydrogen) atoms. The Kier molecular flexibility index (Phi) is 3.10. The van der Waals surface area contributed by atoms with E-state index in [2.05, 4.69) is 0 Å². The van der Waals surface area contributed by atoms with Crippen LogP contribution in [-0.2, 0) is 6.54 Å². The number of nitrogens with two attached hydrogens (primary N) is 1. The SMILES string of the molecule is Nc1cccc(CN2CCC(F)(F)CC2)c1. The minimum atomic E-state index is -2.47. The number of anilines is 1. The molecule has 0 atom stereocenters. The molecule has 1 aliphatic rings. The molecule has 1 aromatic carbocycles. The molecule has 1 heterocycles.